The number of para-hydroxylation sites is 1. The maximum absolute atomic E-state index is 13.1. The zero-order valence-corrected chi connectivity index (χ0v) is 78.7. The van der Waals surface area contributed by atoms with Gasteiger partial charge in [0.15, 0.2) is 9.79 Å². The van der Waals surface area contributed by atoms with Crippen molar-refractivity contribution in [3.63, 3.8) is 0 Å². The van der Waals surface area contributed by atoms with Crippen molar-refractivity contribution < 1.29 is 141 Å². The van der Waals surface area contributed by atoms with E-state index in [4.69, 9.17) is 86.4 Å². The van der Waals surface area contributed by atoms with Crippen LogP contribution in [0.25, 0.3) is 65.6 Å². The average molecular weight is 2170 g/mol. The number of nitrogens with zero attached hydrogens (tertiary/aromatic N) is 7. The average Bonchev–Trinajstić information content (AvgIpc) is 0.720. The molecule has 0 saturated heterocycles. The Morgan fingerprint density at radius 2 is 0.683 bits per heavy atom. The Labute approximate surface area is 810 Å². The minimum atomic E-state index is -4.89. The van der Waals surface area contributed by atoms with Crippen LogP contribution in [-0.2, 0) is 80.0 Å². The molecule has 0 spiro atoms. The zero-order chi connectivity index (χ0) is 105. The molecule has 10 N–H and O–H groups in total. The number of nitrogens with one attached hydrogen (secondary N) is 4. The van der Waals surface area contributed by atoms with Gasteiger partial charge in [-0.25, -0.2) is 42.1 Å². The van der Waals surface area contributed by atoms with Crippen LogP contribution in [0.5, 0.6) is 28.7 Å². The summed E-state index contributed by atoms with van der Waals surface area (Å²) in [5.74, 6) is 2.52. The van der Waals surface area contributed by atoms with Crippen molar-refractivity contribution in [2.75, 3.05) is 71.6 Å². The Bertz CT molecular complexity index is 8150. The summed E-state index contributed by atoms with van der Waals surface area (Å²) in [6.07, 6.45) is -16.3. The lowest BCUT2D eigenvalue weighted by atomic mass is 9.98. The van der Waals surface area contributed by atoms with Crippen molar-refractivity contribution in [2.24, 2.45) is 0 Å². The highest BCUT2D eigenvalue weighted by molar-refractivity contribution is 8.13. The molecule has 0 fully saturated rings. The fourth-order valence-corrected chi connectivity index (χ4v) is 19.9. The molecule has 0 aliphatic carbocycles. The van der Waals surface area contributed by atoms with Crippen LogP contribution < -0.4 is 59.8 Å². The van der Waals surface area contributed by atoms with Crippen molar-refractivity contribution in [2.45, 2.75) is 55.4 Å². The quantitative estimate of drug-likeness (QED) is 0.0146. The lowest BCUT2D eigenvalue weighted by Gasteiger charge is -2.24. The van der Waals surface area contributed by atoms with Crippen molar-refractivity contribution >= 4 is 200 Å². The molecule has 33 nitrogen and oxygen atoms in total. The summed E-state index contributed by atoms with van der Waals surface area (Å²) in [4.78, 5) is 36.8. The van der Waals surface area contributed by atoms with Crippen molar-refractivity contribution in [3.05, 3.63) is 282 Å². The highest BCUT2D eigenvalue weighted by Crippen LogP contribution is 2.49. The molecule has 0 unspecified atom stereocenters. The fraction of sp³-hybridized carbons (Fsp3) is 0.118. The van der Waals surface area contributed by atoms with Crippen LogP contribution in [0.15, 0.2) is 244 Å². The Kier molecular flexibility index (Phi) is 31.7. The van der Waals surface area contributed by atoms with Crippen LogP contribution in [-0.4, -0.2) is 112 Å². The minimum Gasteiger partial charge on any atom is -0.496 e. The standard InChI is InChI=1S/C17H11ClF3N3O5S.C17H13ClF3N3O3S.C17H14F3N3O3S.C17H11F3N2O3S.C10H9ClN2O.C7H3ClF3NO4S/c1-29-13-6-7-22-15-10(13)3-4-11(18)16(15)23-30(27,28)14-5-2-9(17(19,20)21)8-12(14)24(25)26;1-27-13-6-7-23-15-10(13)3-4-11(18)16(15)24-28(25,26)14-5-2-9(8-12(14)22)17(19,20)21;1-26-14-7-8-22-16-11(14)3-2-4-13(16)23-27(24,25)15-6-5-10(9-12(15)21)17(18,19)20;1-25-13-6-7-21-15-11(13)4-3-10-12-8-9(17(18,19)20)2-5-14(12)26(23,24)22-16(10)15;1-14-8-4-5-13-10-6(8)2-3-7(11)9(10)12;8-17(15,16)6-2-1-4(7(9,10)11)3-5(6)12(13)14/h2-8,23H,1H3;2-8,24H,22H2,1H3;2-9,23H,21H2,1H3;2-8,22H,1H3;2-5H,12H2,1H3;1-3H. The molecular weight excluding hydrogens is 2110 g/mol. The third kappa shape index (κ3) is 24.0. The maximum atomic E-state index is 13.1. The molecular formula is C85H61Cl4F15N14O19S5. The lowest BCUT2D eigenvalue weighted by molar-refractivity contribution is -0.388. The van der Waals surface area contributed by atoms with Gasteiger partial charge in [0.25, 0.3) is 60.5 Å². The van der Waals surface area contributed by atoms with Crippen LogP contribution in [0.1, 0.15) is 27.8 Å². The first-order valence-corrected chi connectivity index (χ1v) is 47.9. The topological polar surface area (TPSA) is 494 Å². The Morgan fingerprint density at radius 3 is 1.08 bits per heavy atom. The van der Waals surface area contributed by atoms with Gasteiger partial charge in [-0.3, -0.25) is 64.0 Å². The van der Waals surface area contributed by atoms with E-state index in [1.807, 2.05) is 6.07 Å². The SMILES string of the molecule is COc1ccnc2c(N)c(Cl)ccc12.COc1ccnc2c(NS(=O)(=O)c3ccc(C(F)(F)F)cc3N)c(Cl)ccc12.COc1ccnc2c(NS(=O)(=O)c3ccc(C(F)(F)F)cc3N)cccc12.COc1ccnc2c(NS(=O)(=O)c3ccc(C(F)(F)F)cc3[N+](=O)[O-])c(Cl)ccc12.COc1ccnc2c3c(ccc12)-c1cc(C(F)(F)F)ccc1S(=O)(=O)N3.O=[N+]([O-])c1cc(C(F)(F)F)ccc1S(=O)(=O)Cl. The first-order valence-electron chi connectivity index (χ1n) is 38.5. The number of nitro groups is 2. The van der Waals surface area contributed by atoms with Crippen molar-refractivity contribution in [3.8, 4) is 39.9 Å². The molecule has 0 atom stereocenters. The molecule has 16 rings (SSSR count). The van der Waals surface area contributed by atoms with E-state index in [-0.39, 0.29) is 66.4 Å². The second-order valence-corrected chi connectivity index (χ2v) is 38.9. The molecule has 1 aliphatic heterocycles. The number of nitro benzene ring substituents is 2. The normalized spacial score (nSPS) is 12.5. The van der Waals surface area contributed by atoms with E-state index < -0.39 is 160 Å². The number of methoxy groups -OCH3 is 5. The first kappa shape index (κ1) is 108. The van der Waals surface area contributed by atoms with E-state index in [9.17, 15) is 128 Å². The molecule has 0 bridgehead atoms. The predicted octanol–water partition coefficient (Wildman–Crippen LogP) is 21.6. The monoisotopic (exact) mass is 2170 g/mol. The largest absolute Gasteiger partial charge is 0.496 e. The van der Waals surface area contributed by atoms with E-state index in [1.165, 1.54) is 83.6 Å². The second kappa shape index (κ2) is 41.7. The lowest BCUT2D eigenvalue weighted by Crippen LogP contribution is -2.20. The minimum absolute atomic E-state index is 0.0138. The number of nitrogens with two attached hydrogens (primary N) is 3. The van der Waals surface area contributed by atoms with Gasteiger partial charge in [0.1, 0.15) is 38.5 Å². The smallest absolute Gasteiger partial charge is 0.416 e. The number of aromatic nitrogens is 5. The number of nitrogen functional groups attached to an aromatic ring is 3. The summed E-state index contributed by atoms with van der Waals surface area (Å²) >= 11 is 18.1. The number of halogens is 19. The zero-order valence-electron chi connectivity index (χ0n) is 71.6. The van der Waals surface area contributed by atoms with Crippen LogP contribution in [0.4, 0.5) is 117 Å². The summed E-state index contributed by atoms with van der Waals surface area (Å²) in [7, 11) is -9.57. The number of ether oxygens (including phenoxy) is 5. The van der Waals surface area contributed by atoms with E-state index in [1.54, 1.807) is 74.0 Å². The molecule has 0 amide bonds. The third-order valence-corrected chi connectivity index (χ3v) is 27.8. The predicted molar refractivity (Wildman–Crippen MR) is 496 cm³/mol. The van der Waals surface area contributed by atoms with Gasteiger partial charge < -0.3 is 40.9 Å². The van der Waals surface area contributed by atoms with Crippen molar-refractivity contribution in [1.82, 2.24) is 24.9 Å². The fourth-order valence-electron chi connectivity index (χ4n) is 13.3. The summed E-state index contributed by atoms with van der Waals surface area (Å²) in [5.41, 5.74) is 10.1. The van der Waals surface area contributed by atoms with Gasteiger partial charge in [-0.2, -0.15) is 65.9 Å². The molecule has 10 aromatic carbocycles. The molecule has 15 aromatic rings. The second-order valence-electron chi connectivity index (χ2n) is 28.6. The Morgan fingerprint density at radius 1 is 0.366 bits per heavy atom. The van der Waals surface area contributed by atoms with E-state index in [2.05, 4.69) is 43.8 Å². The number of rotatable bonds is 17. The summed E-state index contributed by atoms with van der Waals surface area (Å²) in [6.45, 7) is 0. The number of fused-ring (bicyclic) bond motifs is 9. The highest BCUT2D eigenvalue weighted by Gasteiger charge is 2.41. The van der Waals surface area contributed by atoms with Crippen LogP contribution >= 0.6 is 45.5 Å². The number of anilines is 7. The number of hydrogen-bond donors (Lipinski definition) is 7. The van der Waals surface area contributed by atoms with Gasteiger partial charge in [-0.1, -0.05) is 46.9 Å². The van der Waals surface area contributed by atoms with Gasteiger partial charge >= 0.3 is 30.9 Å². The van der Waals surface area contributed by atoms with Gasteiger partial charge in [0, 0.05) is 91.9 Å². The number of alkyl halides is 15. The van der Waals surface area contributed by atoms with Crippen molar-refractivity contribution in [1.29, 1.82) is 0 Å². The molecule has 748 valence electrons. The highest BCUT2D eigenvalue weighted by atomic mass is 35.7. The molecule has 6 heterocycles. The maximum Gasteiger partial charge on any atom is 0.416 e. The Balaban J connectivity index is 0.000000165. The van der Waals surface area contributed by atoms with Gasteiger partial charge in [-0.05, 0) is 164 Å². The first-order chi connectivity index (χ1) is 66.1. The summed E-state index contributed by atoms with van der Waals surface area (Å²) in [5, 5.41) is 25.1. The van der Waals surface area contributed by atoms with Crippen LogP contribution in [0, 0.1) is 20.2 Å². The van der Waals surface area contributed by atoms with Crippen LogP contribution in [0.3, 0.4) is 0 Å². The van der Waals surface area contributed by atoms with E-state index in [0.717, 1.165) is 41.5 Å². The van der Waals surface area contributed by atoms with Gasteiger partial charge in [-0.15, -0.1) is 0 Å². The number of hydrogen-bond acceptors (Lipinski definition) is 27. The number of sulfonamides is 4. The number of pyridine rings is 5. The van der Waals surface area contributed by atoms with Gasteiger partial charge in [0.05, 0.1) is 161 Å². The summed E-state index contributed by atoms with van der Waals surface area (Å²) in [6, 6.07) is 34.3. The molecule has 0 radical (unpaired) electrons. The molecule has 142 heavy (non-hydrogen) atoms. The molecule has 57 heteroatoms. The summed E-state index contributed by atoms with van der Waals surface area (Å²) < 4.78 is 350. The van der Waals surface area contributed by atoms with Gasteiger partial charge in [0.2, 0.25) is 0 Å². The third-order valence-electron chi connectivity index (χ3n) is 19.8. The Hall–Kier alpha value is -14.5. The molecule has 1 aliphatic rings. The molecule has 0 saturated carbocycles. The number of benzene rings is 10. The van der Waals surface area contributed by atoms with Crippen LogP contribution in [0.2, 0.25) is 15.1 Å². The molecule has 5 aromatic heterocycles. The van der Waals surface area contributed by atoms with E-state index >= 15 is 0 Å². The van der Waals surface area contributed by atoms with E-state index in [0.29, 0.717) is 126 Å².